The van der Waals surface area contributed by atoms with E-state index in [0.29, 0.717) is 17.5 Å². The summed E-state index contributed by atoms with van der Waals surface area (Å²) in [7, 11) is 0. The number of aromatic nitrogens is 3. The van der Waals surface area contributed by atoms with E-state index in [4.69, 9.17) is 0 Å². The third-order valence-corrected chi connectivity index (χ3v) is 7.68. The monoisotopic (exact) mass is 403 g/mol. The first-order valence-corrected chi connectivity index (χ1v) is 11.5. The summed E-state index contributed by atoms with van der Waals surface area (Å²) in [5, 5.41) is 7.39. The van der Waals surface area contributed by atoms with E-state index in [0.717, 1.165) is 43.2 Å². The molecule has 1 N–H and O–H groups in total. The number of nitrogens with zero attached hydrogens (tertiary/aromatic N) is 4. The van der Waals surface area contributed by atoms with Crippen LogP contribution in [0.5, 0.6) is 0 Å². The molecule has 3 aliphatic heterocycles. The molecule has 1 aliphatic carbocycles. The van der Waals surface area contributed by atoms with E-state index >= 15 is 0 Å². The Morgan fingerprint density at radius 1 is 1.20 bits per heavy atom. The quantitative estimate of drug-likeness (QED) is 0.780. The molecule has 3 fully saturated rings. The Morgan fingerprint density at radius 3 is 3.07 bits per heavy atom. The van der Waals surface area contributed by atoms with Gasteiger partial charge in [-0.3, -0.25) is 19.8 Å². The van der Waals surface area contributed by atoms with Gasteiger partial charge in [-0.25, -0.2) is 0 Å². The van der Waals surface area contributed by atoms with Gasteiger partial charge >= 0.3 is 0 Å². The molecular weight excluding hydrogens is 374 g/mol. The SMILES string of the molecule is O=C(c1cc(-c2cccnc2)n[nH]1)N1CCCC2=C[C@H]3C[C@H](CN4CCCC[C@@H]34)[C@@H]21. The Bertz CT molecular complexity index is 967. The van der Waals surface area contributed by atoms with Crippen LogP contribution in [-0.2, 0) is 0 Å². The van der Waals surface area contributed by atoms with Gasteiger partial charge in [-0.1, -0.05) is 18.1 Å². The number of carbonyl (C=O) groups excluding carboxylic acids is 1. The molecule has 30 heavy (non-hydrogen) atoms. The van der Waals surface area contributed by atoms with Crippen molar-refractivity contribution in [2.45, 2.75) is 50.6 Å². The maximum Gasteiger partial charge on any atom is 0.272 e. The Balaban J connectivity index is 1.28. The standard InChI is InChI=1S/C24H29N5O/c30-24(21-13-20(26-27-21)17-5-3-8-25-14-17)29-10-4-6-16-11-18-12-19(23(16)29)15-28-9-2-1-7-22(18)28/h3,5,8,11,13-14,18-19,22-23H,1-2,4,6-7,9-10,12,15H2,(H,26,27)/t18-,19+,22-,23+/m0/s1. The molecule has 0 spiro atoms. The third kappa shape index (κ3) is 3.00. The van der Waals surface area contributed by atoms with Gasteiger partial charge in [0.2, 0.25) is 0 Å². The molecule has 2 bridgehead atoms. The molecular formula is C24H29N5O. The van der Waals surface area contributed by atoms with Crippen LogP contribution < -0.4 is 0 Å². The molecule has 3 saturated heterocycles. The van der Waals surface area contributed by atoms with E-state index < -0.39 is 0 Å². The summed E-state index contributed by atoms with van der Waals surface area (Å²) >= 11 is 0. The zero-order valence-corrected chi connectivity index (χ0v) is 17.3. The summed E-state index contributed by atoms with van der Waals surface area (Å²) in [4.78, 5) is 22.6. The Labute approximate surface area is 177 Å². The summed E-state index contributed by atoms with van der Waals surface area (Å²) in [5.41, 5.74) is 3.81. The predicted octanol–water partition coefficient (Wildman–Crippen LogP) is 3.51. The van der Waals surface area contributed by atoms with Gasteiger partial charge in [0.05, 0.1) is 11.7 Å². The summed E-state index contributed by atoms with van der Waals surface area (Å²) < 4.78 is 0. The van der Waals surface area contributed by atoms with Gasteiger partial charge < -0.3 is 4.90 Å². The van der Waals surface area contributed by atoms with Crippen molar-refractivity contribution < 1.29 is 4.79 Å². The Kier molecular flexibility index (Phi) is 4.48. The van der Waals surface area contributed by atoms with E-state index in [-0.39, 0.29) is 11.9 Å². The van der Waals surface area contributed by atoms with Crippen LogP contribution in [0.25, 0.3) is 11.3 Å². The molecule has 5 heterocycles. The average Bonchev–Trinajstić information content (AvgIpc) is 3.29. The van der Waals surface area contributed by atoms with Crippen molar-refractivity contribution in [3.8, 4) is 11.3 Å². The second-order valence-electron chi connectivity index (χ2n) is 9.41. The number of hydrogen-bond acceptors (Lipinski definition) is 4. The van der Waals surface area contributed by atoms with Gasteiger partial charge in [-0.15, -0.1) is 0 Å². The van der Waals surface area contributed by atoms with E-state index in [1.54, 1.807) is 12.4 Å². The zero-order chi connectivity index (χ0) is 20.1. The normalized spacial score (nSPS) is 30.9. The highest BCUT2D eigenvalue weighted by Crippen LogP contribution is 2.45. The minimum Gasteiger partial charge on any atom is -0.330 e. The van der Waals surface area contributed by atoms with E-state index in [1.165, 1.54) is 37.8 Å². The van der Waals surface area contributed by atoms with Gasteiger partial charge in [-0.2, -0.15) is 5.10 Å². The van der Waals surface area contributed by atoms with Crippen molar-refractivity contribution in [1.82, 2.24) is 25.0 Å². The first-order chi connectivity index (χ1) is 14.8. The number of hydrogen-bond donors (Lipinski definition) is 1. The number of carbonyl (C=O) groups is 1. The van der Waals surface area contributed by atoms with Gasteiger partial charge in [0.15, 0.2) is 0 Å². The molecule has 4 atom stereocenters. The fourth-order valence-corrected chi connectivity index (χ4v) is 6.45. The number of rotatable bonds is 2. The molecule has 0 saturated carbocycles. The van der Waals surface area contributed by atoms with Crippen LogP contribution in [0.15, 0.2) is 42.2 Å². The molecule has 4 aliphatic rings. The number of likely N-dealkylation sites (tertiary alicyclic amines) is 1. The number of aromatic amines is 1. The zero-order valence-electron chi connectivity index (χ0n) is 17.3. The van der Waals surface area contributed by atoms with Crippen molar-refractivity contribution in [3.05, 3.63) is 47.9 Å². The lowest BCUT2D eigenvalue weighted by Gasteiger charge is -2.54. The van der Waals surface area contributed by atoms with Crippen molar-refractivity contribution in [2.75, 3.05) is 19.6 Å². The molecule has 0 unspecified atom stereocenters. The number of pyridine rings is 1. The maximum absolute atomic E-state index is 13.5. The first kappa shape index (κ1) is 18.3. The van der Waals surface area contributed by atoms with Crippen molar-refractivity contribution in [2.24, 2.45) is 11.8 Å². The number of piperidine rings is 3. The fraction of sp³-hybridized carbons (Fsp3) is 0.542. The predicted molar refractivity (Wildman–Crippen MR) is 115 cm³/mol. The van der Waals surface area contributed by atoms with E-state index in [9.17, 15) is 4.79 Å². The summed E-state index contributed by atoms with van der Waals surface area (Å²) in [6, 6.07) is 6.74. The minimum absolute atomic E-state index is 0.0902. The van der Waals surface area contributed by atoms with Crippen LogP contribution in [0, 0.1) is 11.8 Å². The lowest BCUT2D eigenvalue weighted by molar-refractivity contribution is 0.00131. The molecule has 6 nitrogen and oxygen atoms in total. The van der Waals surface area contributed by atoms with Crippen LogP contribution >= 0.6 is 0 Å². The summed E-state index contributed by atoms with van der Waals surface area (Å²) in [6.45, 7) is 3.22. The van der Waals surface area contributed by atoms with Crippen LogP contribution in [0.4, 0.5) is 0 Å². The van der Waals surface area contributed by atoms with Gasteiger partial charge in [0, 0.05) is 37.1 Å². The molecule has 0 radical (unpaired) electrons. The molecule has 2 aromatic heterocycles. The smallest absolute Gasteiger partial charge is 0.272 e. The molecule has 6 rings (SSSR count). The summed E-state index contributed by atoms with van der Waals surface area (Å²) in [5.74, 6) is 1.34. The van der Waals surface area contributed by atoms with Gasteiger partial charge in [0.1, 0.15) is 5.69 Å². The largest absolute Gasteiger partial charge is 0.330 e. The highest BCUT2D eigenvalue weighted by molar-refractivity contribution is 5.94. The first-order valence-electron chi connectivity index (χ1n) is 11.5. The fourth-order valence-electron chi connectivity index (χ4n) is 6.45. The topological polar surface area (TPSA) is 65.1 Å². The van der Waals surface area contributed by atoms with Crippen molar-refractivity contribution in [3.63, 3.8) is 0 Å². The summed E-state index contributed by atoms with van der Waals surface area (Å²) in [6.07, 6.45) is 13.6. The van der Waals surface area contributed by atoms with Crippen LogP contribution in [0.2, 0.25) is 0 Å². The number of nitrogens with one attached hydrogen (secondary N) is 1. The molecule has 2 aromatic rings. The lowest BCUT2D eigenvalue weighted by Crippen LogP contribution is -2.60. The van der Waals surface area contributed by atoms with E-state index in [2.05, 4.69) is 31.1 Å². The highest BCUT2D eigenvalue weighted by Gasteiger charge is 2.47. The number of H-pyrrole nitrogens is 1. The number of amides is 1. The minimum atomic E-state index is 0.0902. The van der Waals surface area contributed by atoms with Crippen LogP contribution in [-0.4, -0.2) is 62.6 Å². The average molecular weight is 404 g/mol. The van der Waals surface area contributed by atoms with Crippen LogP contribution in [0.1, 0.15) is 49.0 Å². The number of fused-ring (bicyclic) bond motifs is 6. The van der Waals surface area contributed by atoms with Crippen molar-refractivity contribution in [1.29, 1.82) is 0 Å². The highest BCUT2D eigenvalue weighted by atomic mass is 16.2. The Morgan fingerprint density at radius 2 is 2.17 bits per heavy atom. The lowest BCUT2D eigenvalue weighted by atomic mass is 9.68. The van der Waals surface area contributed by atoms with Gasteiger partial charge in [-0.05, 0) is 68.7 Å². The maximum atomic E-state index is 13.5. The van der Waals surface area contributed by atoms with Crippen molar-refractivity contribution >= 4 is 5.91 Å². The van der Waals surface area contributed by atoms with Crippen LogP contribution in [0.3, 0.4) is 0 Å². The molecule has 6 heteroatoms. The molecule has 1 amide bonds. The third-order valence-electron chi connectivity index (χ3n) is 7.68. The second kappa shape index (κ2) is 7.34. The van der Waals surface area contributed by atoms with Gasteiger partial charge in [0.25, 0.3) is 5.91 Å². The second-order valence-corrected chi connectivity index (χ2v) is 9.41. The molecule has 0 aromatic carbocycles. The molecule has 156 valence electrons. The Hall–Kier alpha value is -2.47. The van der Waals surface area contributed by atoms with E-state index in [1.807, 2.05) is 18.2 Å².